The van der Waals surface area contributed by atoms with Crippen LogP contribution in [0.25, 0.3) is 0 Å². The molecule has 2 heterocycles. The molecule has 0 saturated carbocycles. The largest absolute Gasteiger partial charge is 0.418 e. The van der Waals surface area contributed by atoms with Crippen LogP contribution in [0.1, 0.15) is 63.9 Å². The van der Waals surface area contributed by atoms with Crippen LogP contribution >= 0.6 is 0 Å². The van der Waals surface area contributed by atoms with Gasteiger partial charge in [-0.15, -0.1) is 0 Å². The molecular formula is C16H24F3N. The highest BCUT2D eigenvalue weighted by molar-refractivity contribution is 5.34. The van der Waals surface area contributed by atoms with Gasteiger partial charge < -0.3 is 4.57 Å². The van der Waals surface area contributed by atoms with Crippen molar-refractivity contribution >= 4 is 0 Å². The van der Waals surface area contributed by atoms with Gasteiger partial charge in [0.15, 0.2) is 0 Å². The summed E-state index contributed by atoms with van der Waals surface area (Å²) in [5, 5.41) is 0. The van der Waals surface area contributed by atoms with Gasteiger partial charge in [-0.25, -0.2) is 0 Å². The highest BCUT2D eigenvalue weighted by Crippen LogP contribution is 2.42. The van der Waals surface area contributed by atoms with Gasteiger partial charge in [-0.1, -0.05) is 34.6 Å². The molecule has 114 valence electrons. The lowest BCUT2D eigenvalue weighted by molar-refractivity contribution is -0.138. The summed E-state index contributed by atoms with van der Waals surface area (Å²) >= 11 is 0. The van der Waals surface area contributed by atoms with Crippen LogP contribution < -0.4 is 0 Å². The Morgan fingerprint density at radius 3 is 2.25 bits per heavy atom. The van der Waals surface area contributed by atoms with Crippen LogP contribution in [0, 0.1) is 11.3 Å². The zero-order valence-electron chi connectivity index (χ0n) is 12.9. The van der Waals surface area contributed by atoms with Crippen molar-refractivity contribution in [2.45, 2.75) is 66.1 Å². The first kappa shape index (κ1) is 15.5. The molecule has 1 aromatic heterocycles. The lowest BCUT2D eigenvalue weighted by atomic mass is 9.75. The molecular weight excluding hydrogens is 263 g/mol. The van der Waals surface area contributed by atoms with Crippen LogP contribution in [0.2, 0.25) is 0 Å². The fourth-order valence-corrected chi connectivity index (χ4v) is 3.28. The van der Waals surface area contributed by atoms with Crippen molar-refractivity contribution in [2.75, 3.05) is 0 Å². The molecule has 1 aliphatic rings. The topological polar surface area (TPSA) is 4.93 Å². The Balaban J connectivity index is 2.46. The number of rotatable bonds is 1. The van der Waals surface area contributed by atoms with Crippen LogP contribution in [-0.2, 0) is 19.1 Å². The molecule has 0 bridgehead atoms. The summed E-state index contributed by atoms with van der Waals surface area (Å²) < 4.78 is 41.6. The second-order valence-corrected chi connectivity index (χ2v) is 7.29. The number of hydrogen-bond donors (Lipinski definition) is 0. The highest BCUT2D eigenvalue weighted by Gasteiger charge is 2.39. The van der Waals surface area contributed by atoms with E-state index in [1.165, 1.54) is 6.07 Å². The molecule has 1 aliphatic heterocycles. The van der Waals surface area contributed by atoms with Crippen LogP contribution in [0.3, 0.4) is 0 Å². The van der Waals surface area contributed by atoms with Crippen LogP contribution in [0.15, 0.2) is 6.07 Å². The Hall–Kier alpha value is -0.930. The van der Waals surface area contributed by atoms with Crippen LogP contribution in [-0.4, -0.2) is 4.57 Å². The fraction of sp³-hybridized carbons (Fsp3) is 0.750. The third-order valence-electron chi connectivity index (χ3n) is 4.46. The van der Waals surface area contributed by atoms with Crippen molar-refractivity contribution in [3.63, 3.8) is 0 Å². The third kappa shape index (κ3) is 2.75. The maximum atomic E-state index is 13.2. The molecule has 0 radical (unpaired) electrons. The smallest absolute Gasteiger partial charge is 0.348 e. The summed E-state index contributed by atoms with van der Waals surface area (Å²) in [7, 11) is 0. The summed E-state index contributed by atoms with van der Waals surface area (Å²) in [5.41, 5.74) is 1.02. The van der Waals surface area contributed by atoms with E-state index in [-0.39, 0.29) is 11.3 Å². The number of alkyl halides is 3. The lowest BCUT2D eigenvalue weighted by Gasteiger charge is -2.35. The van der Waals surface area contributed by atoms with Gasteiger partial charge in [-0.3, -0.25) is 0 Å². The van der Waals surface area contributed by atoms with E-state index < -0.39 is 11.7 Å². The first-order chi connectivity index (χ1) is 9.01. The lowest BCUT2D eigenvalue weighted by Crippen LogP contribution is -2.29. The Kier molecular flexibility index (Phi) is 3.72. The zero-order chi connectivity index (χ0) is 15.3. The minimum absolute atomic E-state index is 0.105. The second-order valence-electron chi connectivity index (χ2n) is 7.29. The average molecular weight is 287 g/mol. The maximum absolute atomic E-state index is 13.2. The Morgan fingerprint density at radius 1 is 1.20 bits per heavy atom. The molecule has 20 heavy (non-hydrogen) atoms. The van der Waals surface area contributed by atoms with Crippen LogP contribution in [0.5, 0.6) is 0 Å². The van der Waals surface area contributed by atoms with E-state index in [1.54, 1.807) is 0 Å². The van der Waals surface area contributed by atoms with Crippen LogP contribution in [0.4, 0.5) is 13.2 Å². The molecule has 0 aliphatic carbocycles. The maximum Gasteiger partial charge on any atom is 0.418 e. The monoisotopic (exact) mass is 287 g/mol. The molecule has 0 fully saturated rings. The highest BCUT2D eigenvalue weighted by atomic mass is 19.4. The standard InChI is InChI=1S/C16H24F3N/c1-10(2)14-13(16(17,18)19)9-12-8-11(15(3,4)5)6-7-20(12)14/h9-11H,6-8H2,1-5H3. The van der Waals surface area contributed by atoms with Crippen molar-refractivity contribution in [3.05, 3.63) is 23.0 Å². The van der Waals surface area contributed by atoms with Gasteiger partial charge in [0.05, 0.1) is 5.56 Å². The Labute approximate surface area is 119 Å². The minimum atomic E-state index is -4.25. The van der Waals surface area contributed by atoms with E-state index in [4.69, 9.17) is 0 Å². The molecule has 0 N–H and O–H groups in total. The molecule has 0 aromatic carbocycles. The van der Waals surface area contributed by atoms with Gasteiger partial charge in [0.2, 0.25) is 0 Å². The van der Waals surface area contributed by atoms with Gasteiger partial charge in [0.1, 0.15) is 0 Å². The van der Waals surface area contributed by atoms with Crippen molar-refractivity contribution < 1.29 is 13.2 Å². The minimum Gasteiger partial charge on any atom is -0.348 e. The molecule has 4 heteroatoms. The van der Waals surface area contributed by atoms with Gasteiger partial charge >= 0.3 is 6.18 Å². The first-order valence-corrected chi connectivity index (χ1v) is 7.31. The quantitative estimate of drug-likeness (QED) is 0.665. The normalized spacial score (nSPS) is 20.4. The second kappa shape index (κ2) is 4.81. The number of nitrogens with zero attached hydrogens (tertiary/aromatic N) is 1. The molecule has 1 nitrogen and oxygen atoms in total. The predicted octanol–water partition coefficient (Wildman–Crippen LogP) is 5.24. The number of halogens is 3. The van der Waals surface area contributed by atoms with E-state index in [2.05, 4.69) is 20.8 Å². The van der Waals surface area contributed by atoms with E-state index in [1.807, 2.05) is 18.4 Å². The summed E-state index contributed by atoms with van der Waals surface area (Å²) in [6.07, 6.45) is -2.54. The first-order valence-electron chi connectivity index (χ1n) is 7.31. The third-order valence-corrected chi connectivity index (χ3v) is 4.46. The van der Waals surface area contributed by atoms with Crippen molar-refractivity contribution in [1.29, 1.82) is 0 Å². The molecule has 2 rings (SSSR count). The number of hydrogen-bond acceptors (Lipinski definition) is 0. The zero-order valence-corrected chi connectivity index (χ0v) is 12.9. The van der Waals surface area contributed by atoms with E-state index in [0.29, 0.717) is 18.2 Å². The SMILES string of the molecule is CC(C)c1c(C(F)(F)F)cc2n1CCC(C(C)(C)C)C2. The molecule has 1 aromatic rings. The summed E-state index contributed by atoms with van der Waals surface area (Å²) in [5.74, 6) is 0.345. The summed E-state index contributed by atoms with van der Waals surface area (Å²) in [6, 6.07) is 1.38. The summed E-state index contributed by atoms with van der Waals surface area (Å²) in [6.45, 7) is 10.9. The fourth-order valence-electron chi connectivity index (χ4n) is 3.28. The Bertz CT molecular complexity index is 489. The molecule has 0 spiro atoms. The van der Waals surface area contributed by atoms with E-state index in [9.17, 15) is 13.2 Å². The van der Waals surface area contributed by atoms with Gasteiger partial charge in [-0.2, -0.15) is 13.2 Å². The van der Waals surface area contributed by atoms with Gasteiger partial charge in [-0.05, 0) is 36.2 Å². The molecule has 0 saturated heterocycles. The van der Waals surface area contributed by atoms with E-state index in [0.717, 1.165) is 18.5 Å². The number of aromatic nitrogens is 1. The van der Waals surface area contributed by atoms with Crippen molar-refractivity contribution in [1.82, 2.24) is 4.57 Å². The Morgan fingerprint density at radius 2 is 1.80 bits per heavy atom. The van der Waals surface area contributed by atoms with E-state index >= 15 is 0 Å². The number of fused-ring (bicyclic) bond motifs is 1. The molecule has 1 unspecified atom stereocenters. The molecule has 0 amide bonds. The van der Waals surface area contributed by atoms with Gasteiger partial charge in [0.25, 0.3) is 0 Å². The van der Waals surface area contributed by atoms with Crippen molar-refractivity contribution in [3.8, 4) is 0 Å². The van der Waals surface area contributed by atoms with Gasteiger partial charge in [0, 0.05) is 17.9 Å². The molecule has 1 atom stereocenters. The summed E-state index contributed by atoms with van der Waals surface area (Å²) in [4.78, 5) is 0. The average Bonchev–Trinajstić information content (AvgIpc) is 2.65. The predicted molar refractivity (Wildman–Crippen MR) is 74.8 cm³/mol. The van der Waals surface area contributed by atoms with Crippen molar-refractivity contribution in [2.24, 2.45) is 11.3 Å².